The van der Waals surface area contributed by atoms with Crippen LogP contribution in [0.4, 0.5) is 0 Å². The van der Waals surface area contributed by atoms with Crippen molar-refractivity contribution in [1.29, 1.82) is 0 Å². The Morgan fingerprint density at radius 1 is 1.18 bits per heavy atom. The van der Waals surface area contributed by atoms with Crippen LogP contribution in [-0.4, -0.2) is 21.1 Å². The lowest BCUT2D eigenvalue weighted by molar-refractivity contribution is 0.306. The van der Waals surface area contributed by atoms with Crippen molar-refractivity contribution >= 4 is 41.6 Å². The van der Waals surface area contributed by atoms with Gasteiger partial charge in [-0.25, -0.2) is 0 Å². The van der Waals surface area contributed by atoms with Crippen molar-refractivity contribution in [2.75, 3.05) is 0 Å². The van der Waals surface area contributed by atoms with Crippen LogP contribution in [0.1, 0.15) is 36.7 Å². The molecule has 1 heterocycles. The number of halogens is 2. The monoisotopic (exact) mass is 434 g/mol. The van der Waals surface area contributed by atoms with Gasteiger partial charge in [-0.2, -0.15) is 14.9 Å². The Bertz CT molecular complexity index is 1010. The maximum atomic E-state index is 6.03. The van der Waals surface area contributed by atoms with E-state index in [1.807, 2.05) is 30.3 Å². The third kappa shape index (κ3) is 5.44. The third-order valence-corrected chi connectivity index (χ3v) is 5.07. The van der Waals surface area contributed by atoms with Crippen molar-refractivity contribution in [3.8, 4) is 5.75 Å². The number of ether oxygens (including phenoxy) is 1. The molecule has 0 bridgehead atoms. The molecule has 8 heteroatoms. The van der Waals surface area contributed by atoms with Crippen LogP contribution in [0.5, 0.6) is 5.75 Å². The van der Waals surface area contributed by atoms with Gasteiger partial charge in [0.1, 0.15) is 12.4 Å². The molecular weight excluding hydrogens is 415 g/mol. The van der Waals surface area contributed by atoms with Gasteiger partial charge < -0.3 is 4.74 Å². The van der Waals surface area contributed by atoms with Crippen LogP contribution in [-0.2, 0) is 13.0 Å². The van der Waals surface area contributed by atoms with Gasteiger partial charge in [-0.3, -0.25) is 5.10 Å². The smallest absolute Gasteiger partial charge is 0.216 e. The molecule has 0 atom stereocenters. The topological polar surface area (TPSA) is 55.2 Å². The van der Waals surface area contributed by atoms with Crippen molar-refractivity contribution in [3.05, 3.63) is 74.2 Å². The highest BCUT2D eigenvalue weighted by Gasteiger charge is 2.04. The molecule has 0 amide bonds. The van der Waals surface area contributed by atoms with E-state index in [9.17, 15) is 0 Å². The maximum Gasteiger partial charge on any atom is 0.216 e. The number of aromatic amines is 1. The second-order valence-corrected chi connectivity index (χ2v) is 7.41. The molecule has 28 heavy (non-hydrogen) atoms. The van der Waals surface area contributed by atoms with Crippen LogP contribution in [0.2, 0.25) is 10.0 Å². The summed E-state index contributed by atoms with van der Waals surface area (Å²) in [7, 11) is 0. The number of H-pyrrole nitrogens is 1. The first kappa shape index (κ1) is 20.6. The molecule has 0 fully saturated rings. The second-order valence-electron chi connectivity index (χ2n) is 6.21. The lowest BCUT2D eigenvalue weighted by atomic mass is 10.2. The van der Waals surface area contributed by atoms with E-state index in [2.05, 4.69) is 22.2 Å². The molecule has 146 valence electrons. The predicted molar refractivity (Wildman–Crippen MR) is 116 cm³/mol. The van der Waals surface area contributed by atoms with Crippen LogP contribution < -0.4 is 4.74 Å². The largest absolute Gasteiger partial charge is 0.489 e. The first-order chi connectivity index (χ1) is 13.6. The van der Waals surface area contributed by atoms with Crippen LogP contribution in [0.15, 0.2) is 47.6 Å². The highest BCUT2D eigenvalue weighted by molar-refractivity contribution is 7.71. The number of aromatic nitrogens is 3. The zero-order valence-electron chi connectivity index (χ0n) is 15.4. The number of aryl methyl sites for hydroxylation is 1. The van der Waals surface area contributed by atoms with Gasteiger partial charge in [-0.1, -0.05) is 42.6 Å². The van der Waals surface area contributed by atoms with Gasteiger partial charge >= 0.3 is 0 Å². The van der Waals surface area contributed by atoms with Crippen molar-refractivity contribution in [2.45, 2.75) is 32.8 Å². The Balaban J connectivity index is 1.63. The van der Waals surface area contributed by atoms with E-state index in [1.54, 1.807) is 23.0 Å². The zero-order chi connectivity index (χ0) is 19.9. The van der Waals surface area contributed by atoms with Gasteiger partial charge in [0.2, 0.25) is 4.77 Å². The van der Waals surface area contributed by atoms with Crippen LogP contribution in [0.25, 0.3) is 0 Å². The quantitative estimate of drug-likeness (QED) is 0.346. The molecular formula is C20H20Cl2N4OS. The highest BCUT2D eigenvalue weighted by Crippen LogP contribution is 2.23. The molecule has 0 unspecified atom stereocenters. The lowest BCUT2D eigenvalue weighted by Gasteiger charge is -2.07. The number of rotatable bonds is 8. The molecule has 0 spiro atoms. The van der Waals surface area contributed by atoms with Crippen LogP contribution in [0, 0.1) is 4.77 Å². The zero-order valence-corrected chi connectivity index (χ0v) is 17.7. The first-order valence-electron chi connectivity index (χ1n) is 8.94. The predicted octanol–water partition coefficient (Wildman–Crippen LogP) is 6.05. The molecule has 1 N–H and O–H groups in total. The van der Waals surface area contributed by atoms with Gasteiger partial charge in [0.15, 0.2) is 5.82 Å². The maximum absolute atomic E-state index is 6.03. The summed E-state index contributed by atoms with van der Waals surface area (Å²) in [5.41, 5.74) is 1.89. The van der Waals surface area contributed by atoms with E-state index in [-0.39, 0.29) is 0 Å². The fourth-order valence-corrected chi connectivity index (χ4v) is 3.03. The average Bonchev–Trinajstić information content (AvgIpc) is 3.06. The van der Waals surface area contributed by atoms with Crippen molar-refractivity contribution in [2.24, 2.45) is 5.10 Å². The molecule has 3 rings (SSSR count). The fraction of sp³-hybridized carbons (Fsp3) is 0.250. The summed E-state index contributed by atoms with van der Waals surface area (Å²) in [6, 6.07) is 13.1. The van der Waals surface area contributed by atoms with Gasteiger partial charge in [-0.15, -0.1) is 0 Å². The SMILES string of the molecule is CCCCc1n[nH]c(=S)n1/N=C/c1ccc(OCc2ccc(Cl)c(Cl)c2)cc1. The number of benzene rings is 2. The minimum Gasteiger partial charge on any atom is -0.489 e. The lowest BCUT2D eigenvalue weighted by Crippen LogP contribution is -1.99. The molecule has 2 aromatic carbocycles. The van der Waals surface area contributed by atoms with Gasteiger partial charge in [-0.05, 0) is 66.2 Å². The molecule has 0 aliphatic carbocycles. The number of unbranched alkanes of at least 4 members (excludes halogenated alkanes) is 1. The van der Waals surface area contributed by atoms with E-state index in [0.717, 1.165) is 42.0 Å². The first-order valence-corrected chi connectivity index (χ1v) is 10.1. The number of hydrogen-bond acceptors (Lipinski definition) is 4. The van der Waals surface area contributed by atoms with E-state index in [1.165, 1.54) is 0 Å². The summed E-state index contributed by atoms with van der Waals surface area (Å²) in [5, 5.41) is 12.5. The average molecular weight is 435 g/mol. The minimum absolute atomic E-state index is 0.412. The van der Waals surface area contributed by atoms with Gasteiger partial charge in [0.05, 0.1) is 16.3 Å². The summed E-state index contributed by atoms with van der Waals surface area (Å²) in [4.78, 5) is 0. The molecule has 0 aliphatic heterocycles. The van der Waals surface area contributed by atoms with Crippen LogP contribution in [0.3, 0.4) is 0 Å². The number of nitrogens with one attached hydrogen (secondary N) is 1. The minimum atomic E-state index is 0.412. The normalized spacial score (nSPS) is 11.2. The van der Waals surface area contributed by atoms with E-state index in [0.29, 0.717) is 21.4 Å². The Morgan fingerprint density at radius 3 is 2.68 bits per heavy atom. The fourth-order valence-electron chi connectivity index (χ4n) is 2.51. The molecule has 5 nitrogen and oxygen atoms in total. The van der Waals surface area contributed by atoms with Crippen molar-refractivity contribution in [1.82, 2.24) is 14.9 Å². The molecule has 0 saturated heterocycles. The summed E-state index contributed by atoms with van der Waals surface area (Å²) in [5.74, 6) is 1.59. The molecule has 3 aromatic rings. The summed E-state index contributed by atoms with van der Waals surface area (Å²) < 4.78 is 7.95. The van der Waals surface area contributed by atoms with Crippen LogP contribution >= 0.6 is 35.4 Å². The number of nitrogens with zero attached hydrogens (tertiary/aromatic N) is 3. The second kappa shape index (κ2) is 9.87. The van der Waals surface area contributed by atoms with Gasteiger partial charge in [0, 0.05) is 6.42 Å². The molecule has 0 aliphatic rings. The summed E-state index contributed by atoms with van der Waals surface area (Å²) in [6.45, 7) is 2.55. The Morgan fingerprint density at radius 2 is 1.96 bits per heavy atom. The van der Waals surface area contributed by atoms with E-state index >= 15 is 0 Å². The van der Waals surface area contributed by atoms with Crippen molar-refractivity contribution < 1.29 is 4.74 Å². The summed E-state index contributed by atoms with van der Waals surface area (Å²) in [6.07, 6.45) is 4.72. The number of hydrogen-bond donors (Lipinski definition) is 1. The molecule has 0 saturated carbocycles. The molecule has 1 aromatic heterocycles. The Kier molecular flexibility index (Phi) is 7.25. The van der Waals surface area contributed by atoms with E-state index in [4.69, 9.17) is 40.2 Å². The third-order valence-electron chi connectivity index (χ3n) is 4.06. The van der Waals surface area contributed by atoms with Gasteiger partial charge in [0.25, 0.3) is 0 Å². The van der Waals surface area contributed by atoms with Crippen molar-refractivity contribution in [3.63, 3.8) is 0 Å². The van der Waals surface area contributed by atoms with E-state index < -0.39 is 0 Å². The molecule has 0 radical (unpaired) electrons. The highest BCUT2D eigenvalue weighted by atomic mass is 35.5. The Hall–Kier alpha value is -2.15. The summed E-state index contributed by atoms with van der Waals surface area (Å²) >= 11 is 17.2. The Labute approximate surface area is 179 Å². The standard InChI is InChI=1S/C20H20Cl2N4OS/c1-2-3-4-19-24-25-20(28)26(19)23-12-14-5-8-16(9-6-14)27-13-15-7-10-17(21)18(22)11-15/h5-12H,2-4,13H2,1H3,(H,25,28)/b23-12+.